The molecule has 2 aromatic rings. The molecule has 2 aliphatic rings. The van der Waals surface area contributed by atoms with Gasteiger partial charge in [0, 0.05) is 31.2 Å². The van der Waals surface area contributed by atoms with E-state index in [1.165, 1.54) is 10.8 Å². The van der Waals surface area contributed by atoms with Gasteiger partial charge in [0.2, 0.25) is 0 Å². The highest BCUT2D eigenvalue weighted by atomic mass is 16.5. The van der Waals surface area contributed by atoms with Crippen molar-refractivity contribution in [2.75, 3.05) is 6.61 Å². The Balaban J connectivity index is 1.85. The summed E-state index contributed by atoms with van der Waals surface area (Å²) in [5, 5.41) is 10.7. The molecule has 0 spiro atoms. The van der Waals surface area contributed by atoms with Crippen molar-refractivity contribution in [1.82, 2.24) is 9.55 Å². The van der Waals surface area contributed by atoms with Crippen LogP contribution in [-0.2, 0) is 20.9 Å². The van der Waals surface area contributed by atoms with E-state index in [2.05, 4.69) is 4.98 Å². The molecule has 7 heteroatoms. The van der Waals surface area contributed by atoms with E-state index in [0.29, 0.717) is 18.9 Å². The minimum Gasteiger partial charge on any atom is -0.506 e. The minimum absolute atomic E-state index is 0.125. The van der Waals surface area contributed by atoms with Gasteiger partial charge in [-0.25, -0.2) is 4.98 Å². The quantitative estimate of drug-likeness (QED) is 0.486. The van der Waals surface area contributed by atoms with Crippen LogP contribution in [0.4, 0.5) is 0 Å². The third-order valence-corrected chi connectivity index (χ3v) is 5.35. The molecule has 7 nitrogen and oxygen atoms in total. The fourth-order valence-electron chi connectivity index (χ4n) is 3.85. The topological polar surface area (TPSA) is 98.5 Å². The lowest BCUT2D eigenvalue weighted by atomic mass is 9.90. The van der Waals surface area contributed by atoms with E-state index in [4.69, 9.17) is 4.74 Å². The molecule has 1 unspecified atom stereocenters. The zero-order valence-corrected chi connectivity index (χ0v) is 16.0. The van der Waals surface area contributed by atoms with Gasteiger partial charge in [-0.05, 0) is 19.3 Å². The number of hydrogen-bond acceptors (Lipinski definition) is 6. The summed E-state index contributed by atoms with van der Waals surface area (Å²) in [5.41, 5.74) is -0.163. The number of nitrogens with zero attached hydrogens (tertiary/aromatic N) is 2. The largest absolute Gasteiger partial charge is 0.506 e. The standard InChI is InChI=1S/C22H22N2O5/c25-17-9-4-10-18(26)19(17)20(27)16-12-23-21(14-6-2-1-3-7-14)24(22(16)28)13-15-8-5-11-29-15/h1-3,6-7,12,15,27H,4-5,8-11,13H2. The van der Waals surface area contributed by atoms with E-state index in [9.17, 15) is 19.5 Å². The Labute approximate surface area is 167 Å². The van der Waals surface area contributed by atoms with E-state index in [-0.39, 0.29) is 36.6 Å². The molecule has 0 radical (unpaired) electrons. The number of Topliss-reactive ketones (excluding diaryl/α,β-unsaturated/α-hetero) is 2. The third-order valence-electron chi connectivity index (χ3n) is 5.35. The van der Waals surface area contributed by atoms with E-state index in [1.54, 1.807) is 0 Å². The fraction of sp³-hybridized carbons (Fsp3) is 0.364. The van der Waals surface area contributed by atoms with Gasteiger partial charge in [0.1, 0.15) is 22.7 Å². The zero-order valence-electron chi connectivity index (χ0n) is 16.0. The predicted molar refractivity (Wildman–Crippen MR) is 106 cm³/mol. The number of hydrogen-bond donors (Lipinski definition) is 1. The van der Waals surface area contributed by atoms with Gasteiger partial charge in [-0.3, -0.25) is 19.0 Å². The Morgan fingerprint density at radius 3 is 2.48 bits per heavy atom. The molecule has 29 heavy (non-hydrogen) atoms. The molecule has 1 N–H and O–H groups in total. The van der Waals surface area contributed by atoms with Crippen molar-refractivity contribution >= 4 is 17.3 Å². The summed E-state index contributed by atoms with van der Waals surface area (Å²) < 4.78 is 7.15. The summed E-state index contributed by atoms with van der Waals surface area (Å²) in [7, 11) is 0. The van der Waals surface area contributed by atoms with Crippen LogP contribution in [0.3, 0.4) is 0 Å². The highest BCUT2D eigenvalue weighted by molar-refractivity contribution is 6.25. The molecule has 1 aliphatic carbocycles. The smallest absolute Gasteiger partial charge is 0.264 e. The van der Waals surface area contributed by atoms with Gasteiger partial charge in [0.15, 0.2) is 11.6 Å². The Morgan fingerprint density at radius 1 is 1.10 bits per heavy atom. The maximum absolute atomic E-state index is 13.3. The average Bonchev–Trinajstić information content (AvgIpc) is 3.23. The second-order valence-electron chi connectivity index (χ2n) is 7.34. The lowest BCUT2D eigenvalue weighted by Crippen LogP contribution is -2.31. The molecular formula is C22H22N2O5. The second kappa shape index (κ2) is 8.13. The Morgan fingerprint density at radius 2 is 1.83 bits per heavy atom. The van der Waals surface area contributed by atoms with Gasteiger partial charge < -0.3 is 9.84 Å². The molecule has 1 aromatic carbocycles. The van der Waals surface area contributed by atoms with Crippen LogP contribution in [0, 0.1) is 0 Å². The van der Waals surface area contributed by atoms with Gasteiger partial charge in [-0.15, -0.1) is 0 Å². The molecule has 1 saturated carbocycles. The van der Waals surface area contributed by atoms with E-state index in [1.807, 2.05) is 30.3 Å². The molecule has 1 saturated heterocycles. The third kappa shape index (κ3) is 3.78. The summed E-state index contributed by atoms with van der Waals surface area (Å²) in [6, 6.07) is 9.27. The van der Waals surface area contributed by atoms with Crippen molar-refractivity contribution in [3.05, 3.63) is 58.0 Å². The number of aliphatic hydroxyl groups is 1. The molecule has 1 aromatic heterocycles. The molecule has 0 bridgehead atoms. The van der Waals surface area contributed by atoms with Crippen molar-refractivity contribution in [2.24, 2.45) is 0 Å². The first-order chi connectivity index (χ1) is 14.1. The molecule has 1 aliphatic heterocycles. The summed E-state index contributed by atoms with van der Waals surface area (Å²) in [4.78, 5) is 42.1. The molecule has 1 atom stereocenters. The number of aromatic nitrogens is 2. The predicted octanol–water partition coefficient (Wildman–Crippen LogP) is 2.68. The molecular weight excluding hydrogens is 372 g/mol. The molecule has 2 heterocycles. The number of allylic oxidation sites excluding steroid dienone is 1. The fourth-order valence-corrected chi connectivity index (χ4v) is 3.85. The van der Waals surface area contributed by atoms with Crippen LogP contribution in [-0.4, -0.2) is 38.9 Å². The maximum atomic E-state index is 13.3. The number of rotatable bonds is 4. The van der Waals surface area contributed by atoms with Gasteiger partial charge in [0.05, 0.1) is 12.6 Å². The second-order valence-corrected chi connectivity index (χ2v) is 7.34. The Hall–Kier alpha value is -3.06. The molecule has 150 valence electrons. The number of aliphatic hydroxyl groups excluding tert-OH is 1. The Kier molecular flexibility index (Phi) is 5.40. The van der Waals surface area contributed by atoms with Crippen molar-refractivity contribution in [1.29, 1.82) is 0 Å². The van der Waals surface area contributed by atoms with Crippen molar-refractivity contribution < 1.29 is 19.4 Å². The number of carbonyl (C=O) groups is 2. The van der Waals surface area contributed by atoms with E-state index < -0.39 is 22.9 Å². The number of benzene rings is 1. The van der Waals surface area contributed by atoms with Gasteiger partial charge in [-0.2, -0.15) is 0 Å². The first-order valence-electron chi connectivity index (χ1n) is 9.83. The van der Waals surface area contributed by atoms with Crippen LogP contribution in [0.1, 0.15) is 37.7 Å². The van der Waals surface area contributed by atoms with Gasteiger partial charge >= 0.3 is 0 Å². The maximum Gasteiger partial charge on any atom is 0.264 e. The average molecular weight is 394 g/mol. The summed E-state index contributed by atoms with van der Waals surface area (Å²) in [5.74, 6) is -0.987. The molecule has 0 amide bonds. The zero-order chi connectivity index (χ0) is 20.4. The number of ketones is 2. The lowest BCUT2D eigenvalue weighted by molar-refractivity contribution is -0.123. The van der Waals surface area contributed by atoms with Gasteiger partial charge in [-0.1, -0.05) is 30.3 Å². The van der Waals surface area contributed by atoms with Crippen LogP contribution in [0.25, 0.3) is 17.1 Å². The van der Waals surface area contributed by atoms with Crippen LogP contribution in [0.5, 0.6) is 0 Å². The van der Waals surface area contributed by atoms with Crippen molar-refractivity contribution in [3.63, 3.8) is 0 Å². The van der Waals surface area contributed by atoms with Crippen LogP contribution < -0.4 is 5.56 Å². The first kappa shape index (κ1) is 19.3. The van der Waals surface area contributed by atoms with E-state index >= 15 is 0 Å². The van der Waals surface area contributed by atoms with E-state index in [0.717, 1.165) is 18.4 Å². The SMILES string of the molecule is O=C1CCCC(=O)C1=C(O)c1cnc(-c2ccccc2)n(CC2CCCO2)c1=O. The number of ether oxygens (including phenoxy) is 1. The van der Waals surface area contributed by atoms with Crippen LogP contribution >= 0.6 is 0 Å². The highest BCUT2D eigenvalue weighted by Crippen LogP contribution is 2.25. The summed E-state index contributed by atoms with van der Waals surface area (Å²) in [6.07, 6.45) is 3.70. The molecule has 4 rings (SSSR count). The minimum atomic E-state index is -0.571. The number of carbonyl (C=O) groups excluding carboxylic acids is 2. The Bertz CT molecular complexity index is 1010. The lowest BCUT2D eigenvalue weighted by Gasteiger charge is -2.18. The van der Waals surface area contributed by atoms with Crippen LogP contribution in [0.15, 0.2) is 46.9 Å². The van der Waals surface area contributed by atoms with Crippen molar-refractivity contribution in [3.8, 4) is 11.4 Å². The van der Waals surface area contributed by atoms with Crippen molar-refractivity contribution in [2.45, 2.75) is 44.8 Å². The first-order valence-corrected chi connectivity index (χ1v) is 9.83. The van der Waals surface area contributed by atoms with Crippen LogP contribution in [0.2, 0.25) is 0 Å². The summed E-state index contributed by atoms with van der Waals surface area (Å²) >= 11 is 0. The highest BCUT2D eigenvalue weighted by Gasteiger charge is 2.29. The summed E-state index contributed by atoms with van der Waals surface area (Å²) in [6.45, 7) is 0.930. The molecule has 2 fully saturated rings. The monoisotopic (exact) mass is 394 g/mol. The normalized spacial score (nSPS) is 19.6. The van der Waals surface area contributed by atoms with Gasteiger partial charge in [0.25, 0.3) is 5.56 Å².